The lowest BCUT2D eigenvalue weighted by Gasteiger charge is -2.04. The molecule has 6 heteroatoms. The molecule has 0 unspecified atom stereocenters. The third-order valence-corrected chi connectivity index (χ3v) is 3.42. The van der Waals surface area contributed by atoms with Crippen molar-refractivity contribution >= 4 is 40.6 Å². The fourth-order valence-electron chi connectivity index (χ4n) is 1.59. The third kappa shape index (κ3) is 4.48. The first kappa shape index (κ1) is 15.4. The lowest BCUT2D eigenvalue weighted by molar-refractivity contribution is 1.00. The van der Waals surface area contributed by atoms with E-state index in [0.29, 0.717) is 10.0 Å². The van der Waals surface area contributed by atoms with Crippen molar-refractivity contribution in [3.8, 4) is 0 Å². The summed E-state index contributed by atoms with van der Waals surface area (Å²) < 4.78 is 0. The van der Waals surface area contributed by atoms with Crippen molar-refractivity contribution in [3.63, 3.8) is 0 Å². The number of rotatable bonds is 3. The summed E-state index contributed by atoms with van der Waals surface area (Å²) in [4.78, 5) is 4.19. The van der Waals surface area contributed by atoms with Crippen molar-refractivity contribution < 1.29 is 0 Å². The molecule has 3 N–H and O–H groups in total. The van der Waals surface area contributed by atoms with E-state index in [1.165, 1.54) is 0 Å². The van der Waals surface area contributed by atoms with Gasteiger partial charge in [0.1, 0.15) is 0 Å². The molecule has 0 fully saturated rings. The van der Waals surface area contributed by atoms with Crippen molar-refractivity contribution in [2.75, 3.05) is 0 Å². The van der Waals surface area contributed by atoms with Crippen LogP contribution in [0, 0.1) is 0 Å². The van der Waals surface area contributed by atoms with Gasteiger partial charge in [-0.3, -0.25) is 0 Å². The van der Waals surface area contributed by atoms with E-state index in [1.807, 2.05) is 43.3 Å². The Morgan fingerprint density at radius 2 is 1.76 bits per heavy atom. The molecule has 21 heavy (non-hydrogen) atoms. The number of benzene rings is 2. The zero-order chi connectivity index (χ0) is 15.2. The maximum atomic E-state index is 5.97. The summed E-state index contributed by atoms with van der Waals surface area (Å²) in [6.45, 7) is 1.84. The Bertz CT molecular complexity index is 681. The standard InChI is InChI=1S/C15H14Cl2N4/c1-10(11-7-8-13(16)14(17)9-11)20-21-15(18)19-12-5-3-2-4-6-12/h2-9H,1H3,(H3,18,19,21)/b20-10+. The van der Waals surface area contributed by atoms with Crippen molar-refractivity contribution in [3.05, 3.63) is 64.1 Å². The van der Waals surface area contributed by atoms with Gasteiger partial charge in [0, 0.05) is 0 Å². The molecule has 0 aliphatic heterocycles. The average Bonchev–Trinajstić information content (AvgIpc) is 2.48. The van der Waals surface area contributed by atoms with Gasteiger partial charge in [-0.15, -0.1) is 0 Å². The molecule has 0 bridgehead atoms. The monoisotopic (exact) mass is 320 g/mol. The highest BCUT2D eigenvalue weighted by Gasteiger charge is 2.02. The highest BCUT2D eigenvalue weighted by atomic mass is 35.5. The molecular weight excluding hydrogens is 307 g/mol. The third-order valence-electron chi connectivity index (χ3n) is 2.68. The van der Waals surface area contributed by atoms with E-state index in [2.05, 4.69) is 15.5 Å². The van der Waals surface area contributed by atoms with Gasteiger partial charge in [0.25, 0.3) is 0 Å². The second-order valence-electron chi connectivity index (χ2n) is 4.27. The number of hydrogen-bond acceptors (Lipinski definition) is 2. The molecule has 0 heterocycles. The number of hydrogen-bond donors (Lipinski definition) is 2. The summed E-state index contributed by atoms with van der Waals surface area (Å²) in [5, 5.41) is 5.16. The van der Waals surface area contributed by atoms with E-state index in [4.69, 9.17) is 28.9 Å². The average molecular weight is 321 g/mol. The summed E-state index contributed by atoms with van der Waals surface area (Å²) >= 11 is 11.8. The Labute approximate surface area is 133 Å². The number of nitrogens with two attached hydrogens (primary N) is 1. The van der Waals surface area contributed by atoms with Gasteiger partial charge in [0.2, 0.25) is 5.96 Å². The Balaban J connectivity index is 2.09. The van der Waals surface area contributed by atoms with Gasteiger partial charge >= 0.3 is 0 Å². The van der Waals surface area contributed by atoms with Crippen LogP contribution < -0.4 is 11.2 Å². The molecule has 0 spiro atoms. The molecule has 0 radical (unpaired) electrons. The quantitative estimate of drug-likeness (QED) is 0.511. The van der Waals surface area contributed by atoms with Crippen LogP contribution in [-0.2, 0) is 0 Å². The summed E-state index contributed by atoms with van der Waals surface area (Å²) in [6.07, 6.45) is 0. The predicted molar refractivity (Wildman–Crippen MR) is 89.5 cm³/mol. The Morgan fingerprint density at radius 3 is 2.43 bits per heavy atom. The van der Waals surface area contributed by atoms with Crippen LogP contribution in [0.5, 0.6) is 0 Å². The second kappa shape index (κ2) is 7.11. The molecule has 0 aliphatic rings. The summed E-state index contributed by atoms with van der Waals surface area (Å²) in [6, 6.07) is 14.7. The van der Waals surface area contributed by atoms with Crippen molar-refractivity contribution in [2.24, 2.45) is 15.8 Å². The lowest BCUT2D eigenvalue weighted by atomic mass is 10.1. The van der Waals surface area contributed by atoms with Gasteiger partial charge in [0.05, 0.1) is 21.4 Å². The molecule has 0 saturated carbocycles. The molecule has 2 rings (SSSR count). The fraction of sp³-hybridized carbons (Fsp3) is 0.0667. The topological polar surface area (TPSA) is 62.8 Å². The van der Waals surface area contributed by atoms with E-state index >= 15 is 0 Å². The summed E-state index contributed by atoms with van der Waals surface area (Å²) in [7, 11) is 0. The summed E-state index contributed by atoms with van der Waals surface area (Å²) in [5.74, 6) is 0.209. The highest BCUT2D eigenvalue weighted by Crippen LogP contribution is 2.22. The molecule has 0 aliphatic carbocycles. The number of para-hydroxylation sites is 1. The molecule has 0 aromatic heterocycles. The van der Waals surface area contributed by atoms with Crippen LogP contribution in [0.25, 0.3) is 0 Å². The zero-order valence-corrected chi connectivity index (χ0v) is 12.9. The van der Waals surface area contributed by atoms with Gasteiger partial charge in [-0.1, -0.05) is 47.5 Å². The molecule has 2 aromatic rings. The maximum absolute atomic E-state index is 5.97. The Kier molecular flexibility index (Phi) is 5.20. The van der Waals surface area contributed by atoms with Crippen molar-refractivity contribution in [1.82, 2.24) is 5.43 Å². The van der Waals surface area contributed by atoms with Crippen LogP contribution in [0.15, 0.2) is 58.6 Å². The van der Waals surface area contributed by atoms with Crippen LogP contribution in [0.1, 0.15) is 12.5 Å². The predicted octanol–water partition coefficient (Wildman–Crippen LogP) is 3.95. The van der Waals surface area contributed by atoms with Gasteiger partial charge in [-0.2, -0.15) is 5.10 Å². The molecule has 108 valence electrons. The Hall–Kier alpha value is -2.04. The first-order valence-corrected chi connectivity index (χ1v) is 6.97. The van der Waals surface area contributed by atoms with E-state index in [1.54, 1.807) is 12.1 Å². The van der Waals surface area contributed by atoms with E-state index in [0.717, 1.165) is 17.0 Å². The smallest absolute Gasteiger partial charge is 0.214 e. The van der Waals surface area contributed by atoms with Crippen LogP contribution in [0.2, 0.25) is 10.0 Å². The van der Waals surface area contributed by atoms with Crippen molar-refractivity contribution in [1.29, 1.82) is 0 Å². The zero-order valence-electron chi connectivity index (χ0n) is 11.3. The number of guanidine groups is 1. The lowest BCUT2D eigenvalue weighted by Crippen LogP contribution is -2.27. The first-order valence-electron chi connectivity index (χ1n) is 6.21. The van der Waals surface area contributed by atoms with E-state index in [9.17, 15) is 0 Å². The number of aliphatic imine (C=N–C) groups is 1. The number of hydrazone groups is 1. The molecule has 0 saturated heterocycles. The van der Waals surface area contributed by atoms with Crippen LogP contribution in [0.3, 0.4) is 0 Å². The number of nitrogens with zero attached hydrogens (tertiary/aromatic N) is 2. The fourth-order valence-corrected chi connectivity index (χ4v) is 1.89. The number of halogens is 2. The molecule has 0 atom stereocenters. The van der Waals surface area contributed by atoms with Crippen LogP contribution >= 0.6 is 23.2 Å². The minimum atomic E-state index is 0.209. The van der Waals surface area contributed by atoms with Crippen LogP contribution in [-0.4, -0.2) is 11.7 Å². The molecule has 0 amide bonds. The summed E-state index contributed by atoms with van der Waals surface area (Å²) in [5.41, 5.74) is 10.8. The second-order valence-corrected chi connectivity index (χ2v) is 5.08. The van der Waals surface area contributed by atoms with Gasteiger partial charge < -0.3 is 5.73 Å². The largest absolute Gasteiger partial charge is 0.368 e. The minimum absolute atomic E-state index is 0.209. The SMILES string of the molecule is C/C(=N\NC(N)=Nc1ccccc1)c1ccc(Cl)c(Cl)c1. The number of nitrogens with one attached hydrogen (secondary N) is 1. The maximum Gasteiger partial charge on any atom is 0.214 e. The Morgan fingerprint density at radius 1 is 1.05 bits per heavy atom. The molecular formula is C15H14Cl2N4. The van der Waals surface area contributed by atoms with Gasteiger partial charge in [-0.25, -0.2) is 10.4 Å². The molecule has 4 nitrogen and oxygen atoms in total. The van der Waals surface area contributed by atoms with Gasteiger partial charge in [0.15, 0.2) is 0 Å². The highest BCUT2D eigenvalue weighted by molar-refractivity contribution is 6.42. The van der Waals surface area contributed by atoms with E-state index < -0.39 is 0 Å². The normalized spacial score (nSPS) is 12.3. The minimum Gasteiger partial charge on any atom is -0.368 e. The van der Waals surface area contributed by atoms with Gasteiger partial charge in [-0.05, 0) is 36.8 Å². The molecule has 2 aromatic carbocycles. The van der Waals surface area contributed by atoms with E-state index in [-0.39, 0.29) is 5.96 Å². The van der Waals surface area contributed by atoms with Crippen molar-refractivity contribution in [2.45, 2.75) is 6.92 Å². The first-order chi connectivity index (χ1) is 10.1. The van der Waals surface area contributed by atoms with Crippen LogP contribution in [0.4, 0.5) is 5.69 Å².